The first kappa shape index (κ1) is 11.1. The maximum atomic E-state index is 9.51. The van der Waals surface area contributed by atoms with Crippen molar-refractivity contribution in [2.45, 2.75) is 19.3 Å². The molecule has 0 atom stereocenters. The fourth-order valence-electron chi connectivity index (χ4n) is 1.51. The minimum atomic E-state index is -0.381. The van der Waals surface area contributed by atoms with E-state index >= 15 is 0 Å². The van der Waals surface area contributed by atoms with Crippen molar-refractivity contribution in [3.05, 3.63) is 35.4 Å². The summed E-state index contributed by atoms with van der Waals surface area (Å²) in [6.45, 7) is 0. The second-order valence-corrected chi connectivity index (χ2v) is 3.56. The van der Waals surface area contributed by atoms with Crippen LogP contribution in [0, 0.1) is 0 Å². The topological polar surface area (TPSA) is 43.1 Å². The van der Waals surface area contributed by atoms with E-state index in [9.17, 15) is 4.79 Å². The summed E-state index contributed by atoms with van der Waals surface area (Å²) in [5, 5.41) is 0. The highest BCUT2D eigenvalue weighted by atomic mass is 32.1. The van der Waals surface area contributed by atoms with E-state index in [2.05, 4.69) is 42.6 Å². The molecule has 0 radical (unpaired) electrons. The van der Waals surface area contributed by atoms with E-state index in [-0.39, 0.29) is 11.7 Å². The van der Waals surface area contributed by atoms with Crippen molar-refractivity contribution in [2.75, 3.05) is 5.75 Å². The smallest absolute Gasteiger partial charge is 0.227 e. The molecule has 14 heavy (non-hydrogen) atoms. The van der Waals surface area contributed by atoms with Gasteiger partial charge in [0.2, 0.25) is 5.91 Å². The number of aryl methyl sites for hydroxylation is 2. The van der Waals surface area contributed by atoms with Crippen molar-refractivity contribution < 1.29 is 4.79 Å². The molecule has 0 fully saturated rings. The van der Waals surface area contributed by atoms with Gasteiger partial charge in [0.1, 0.15) is 0 Å². The van der Waals surface area contributed by atoms with Crippen LogP contribution in [0.4, 0.5) is 0 Å². The Kier molecular flexibility index (Phi) is 4.53. The molecular weight excluding hydrogens is 194 g/mol. The Morgan fingerprint density at radius 2 is 1.71 bits per heavy atom. The zero-order chi connectivity index (χ0) is 10.4. The van der Waals surface area contributed by atoms with E-state index in [1.807, 2.05) is 0 Å². The molecule has 0 spiro atoms. The van der Waals surface area contributed by atoms with Gasteiger partial charge in [-0.1, -0.05) is 24.3 Å². The summed E-state index contributed by atoms with van der Waals surface area (Å²) in [6, 6.07) is 8.74. The third-order valence-electron chi connectivity index (χ3n) is 2.17. The molecule has 76 valence electrons. The summed E-state index contributed by atoms with van der Waals surface area (Å²) in [6.07, 6.45) is 3.96. The Morgan fingerprint density at radius 3 is 2.07 bits per heavy atom. The summed E-state index contributed by atoms with van der Waals surface area (Å²) in [7, 11) is 0. The lowest BCUT2D eigenvalue weighted by atomic mass is 10.1. The summed E-state index contributed by atoms with van der Waals surface area (Å²) in [5.41, 5.74) is 7.71. The van der Waals surface area contributed by atoms with Gasteiger partial charge in [-0.3, -0.25) is 4.79 Å². The van der Waals surface area contributed by atoms with Crippen molar-refractivity contribution in [3.63, 3.8) is 0 Å². The predicted octanol–water partition coefficient (Wildman–Crippen LogP) is 1.58. The number of carbonyl (C=O) groups excluding carboxylic acids is 1. The highest BCUT2D eigenvalue weighted by molar-refractivity contribution is 7.81. The number of hydrogen-bond acceptors (Lipinski definition) is 2. The number of nitrogens with two attached hydrogens (primary N) is 1. The summed E-state index contributed by atoms with van der Waals surface area (Å²) < 4.78 is 0. The summed E-state index contributed by atoms with van der Waals surface area (Å²) in [4.78, 5) is 9.51. The first-order valence-electron chi connectivity index (χ1n) is 4.70. The maximum absolute atomic E-state index is 9.51. The standard InChI is InChI=1S/C9H10.C2H5NOS/c1-2-5-9-7-3-6-8(9)4-1;3-2(4)1-5/h1-2,4-5H,3,6-7H2;5H,1H2,(H2,3,4). The Balaban J connectivity index is 0.000000171. The number of hydrogen-bond donors (Lipinski definition) is 2. The summed E-state index contributed by atoms with van der Waals surface area (Å²) >= 11 is 3.54. The van der Waals surface area contributed by atoms with Gasteiger partial charge < -0.3 is 5.73 Å². The molecule has 1 aliphatic rings. The van der Waals surface area contributed by atoms with E-state index in [1.165, 1.54) is 19.3 Å². The molecule has 1 aromatic rings. The van der Waals surface area contributed by atoms with Crippen molar-refractivity contribution >= 4 is 18.5 Å². The molecule has 1 aromatic carbocycles. The zero-order valence-electron chi connectivity index (χ0n) is 8.07. The molecule has 2 N–H and O–H groups in total. The van der Waals surface area contributed by atoms with Crippen molar-refractivity contribution in [3.8, 4) is 0 Å². The third-order valence-corrected chi connectivity index (χ3v) is 2.48. The van der Waals surface area contributed by atoms with Gasteiger partial charge >= 0.3 is 0 Å². The molecular formula is C11H15NOS. The van der Waals surface area contributed by atoms with Gasteiger partial charge in [0.05, 0.1) is 5.75 Å². The predicted molar refractivity (Wildman–Crippen MR) is 61.5 cm³/mol. The Morgan fingerprint density at radius 1 is 1.29 bits per heavy atom. The van der Waals surface area contributed by atoms with Crippen LogP contribution in [0.1, 0.15) is 17.5 Å². The van der Waals surface area contributed by atoms with Gasteiger partial charge in [0, 0.05) is 0 Å². The molecule has 1 aliphatic carbocycles. The quantitative estimate of drug-likeness (QED) is 0.678. The lowest BCUT2D eigenvalue weighted by molar-refractivity contribution is -0.115. The van der Waals surface area contributed by atoms with E-state index < -0.39 is 0 Å². The average Bonchev–Trinajstić information content (AvgIpc) is 2.66. The first-order valence-corrected chi connectivity index (χ1v) is 5.33. The molecule has 2 nitrogen and oxygen atoms in total. The van der Waals surface area contributed by atoms with Crippen molar-refractivity contribution in [1.29, 1.82) is 0 Å². The second-order valence-electron chi connectivity index (χ2n) is 3.25. The minimum Gasteiger partial charge on any atom is -0.369 e. The number of fused-ring (bicyclic) bond motifs is 1. The second kappa shape index (κ2) is 5.70. The number of rotatable bonds is 1. The van der Waals surface area contributed by atoms with E-state index in [0.717, 1.165) is 0 Å². The lowest BCUT2D eigenvalue weighted by Gasteiger charge is -1.93. The van der Waals surface area contributed by atoms with Gasteiger partial charge in [-0.05, 0) is 30.4 Å². The fraction of sp³-hybridized carbons (Fsp3) is 0.364. The molecule has 0 saturated carbocycles. The molecule has 1 amide bonds. The van der Waals surface area contributed by atoms with E-state index in [0.29, 0.717) is 0 Å². The minimum absolute atomic E-state index is 0.139. The molecule has 0 bridgehead atoms. The van der Waals surface area contributed by atoms with E-state index in [4.69, 9.17) is 0 Å². The van der Waals surface area contributed by atoms with Crippen LogP contribution in [-0.4, -0.2) is 11.7 Å². The van der Waals surface area contributed by atoms with Crippen LogP contribution in [0.5, 0.6) is 0 Å². The number of amides is 1. The molecule has 0 heterocycles. The normalized spacial score (nSPS) is 12.6. The largest absolute Gasteiger partial charge is 0.369 e. The van der Waals surface area contributed by atoms with Gasteiger partial charge in [-0.15, -0.1) is 0 Å². The zero-order valence-corrected chi connectivity index (χ0v) is 8.97. The van der Waals surface area contributed by atoms with Crippen LogP contribution < -0.4 is 5.73 Å². The monoisotopic (exact) mass is 209 g/mol. The van der Waals surface area contributed by atoms with Crippen LogP contribution in [0.15, 0.2) is 24.3 Å². The van der Waals surface area contributed by atoms with Gasteiger partial charge in [0.15, 0.2) is 0 Å². The van der Waals surface area contributed by atoms with Gasteiger partial charge in [0.25, 0.3) is 0 Å². The molecule has 0 aliphatic heterocycles. The highest BCUT2D eigenvalue weighted by Gasteiger charge is 2.07. The fourth-order valence-corrected chi connectivity index (χ4v) is 1.51. The molecule has 0 aromatic heterocycles. The number of benzene rings is 1. The molecule has 0 unspecified atom stereocenters. The van der Waals surface area contributed by atoms with Crippen LogP contribution in [0.2, 0.25) is 0 Å². The first-order chi connectivity index (χ1) is 6.74. The lowest BCUT2D eigenvalue weighted by Crippen LogP contribution is -2.10. The number of primary amides is 1. The number of thiol groups is 1. The third kappa shape index (κ3) is 3.42. The van der Waals surface area contributed by atoms with Crippen molar-refractivity contribution in [1.82, 2.24) is 0 Å². The average molecular weight is 209 g/mol. The summed E-state index contributed by atoms with van der Waals surface area (Å²) in [5.74, 6) is -0.242. The Hall–Kier alpha value is -0.960. The van der Waals surface area contributed by atoms with Crippen LogP contribution in [0.25, 0.3) is 0 Å². The SMILES string of the molecule is NC(=O)CS.c1ccc2c(c1)CCC2. The van der Waals surface area contributed by atoms with Gasteiger partial charge in [-0.2, -0.15) is 12.6 Å². The van der Waals surface area contributed by atoms with E-state index in [1.54, 1.807) is 11.1 Å². The maximum Gasteiger partial charge on any atom is 0.227 e. The van der Waals surface area contributed by atoms with Crippen LogP contribution >= 0.6 is 12.6 Å². The molecule has 0 saturated heterocycles. The van der Waals surface area contributed by atoms with Gasteiger partial charge in [-0.25, -0.2) is 0 Å². The Bertz CT molecular complexity index is 289. The highest BCUT2D eigenvalue weighted by Crippen LogP contribution is 2.20. The van der Waals surface area contributed by atoms with Crippen LogP contribution in [0.3, 0.4) is 0 Å². The van der Waals surface area contributed by atoms with Crippen LogP contribution in [-0.2, 0) is 17.6 Å². The Labute approximate surface area is 89.9 Å². The molecule has 2 rings (SSSR count). The molecule has 3 heteroatoms. The van der Waals surface area contributed by atoms with Crippen molar-refractivity contribution in [2.24, 2.45) is 5.73 Å². The number of carbonyl (C=O) groups is 1.